The molecule has 0 bridgehead atoms. The van der Waals surface area contributed by atoms with Gasteiger partial charge >= 0.3 is 6.03 Å². The van der Waals surface area contributed by atoms with Crippen LogP contribution >= 0.6 is 0 Å². The molecule has 0 saturated carbocycles. The summed E-state index contributed by atoms with van der Waals surface area (Å²) in [6.07, 6.45) is 4.65. The highest BCUT2D eigenvalue weighted by molar-refractivity contribution is 6.02. The molecule has 4 N–H and O–H groups in total. The monoisotopic (exact) mass is 378 g/mol. The van der Waals surface area contributed by atoms with E-state index in [1.807, 2.05) is 0 Å². The second-order valence-electron chi connectivity index (χ2n) is 5.72. The molecule has 4 amide bonds. The minimum Gasteiger partial charge on any atom is -0.355 e. The standard InChI is InChI=1S/C21H22N4O3/c1-3-14-23-21(28)25-18-11-9-17(10-12-18)24-19(26)13-6-15-4-7-16(8-5-15)20(27)22-2/h3-13H,1,14H2,2H3,(H,22,27)(H,24,26)(H2,23,25,28)/b13-6+. The van der Waals surface area contributed by atoms with Crippen molar-refractivity contribution in [1.29, 1.82) is 0 Å². The zero-order chi connectivity index (χ0) is 20.4. The van der Waals surface area contributed by atoms with Crippen LogP contribution in [0.1, 0.15) is 15.9 Å². The highest BCUT2D eigenvalue weighted by atomic mass is 16.2. The molecule has 0 heterocycles. The van der Waals surface area contributed by atoms with E-state index in [4.69, 9.17) is 0 Å². The van der Waals surface area contributed by atoms with E-state index in [1.54, 1.807) is 67.7 Å². The van der Waals surface area contributed by atoms with Crippen LogP contribution in [0.5, 0.6) is 0 Å². The third kappa shape index (κ3) is 6.45. The summed E-state index contributed by atoms with van der Waals surface area (Å²) in [5, 5.41) is 10.6. The molecule has 2 aromatic rings. The summed E-state index contributed by atoms with van der Waals surface area (Å²) >= 11 is 0. The number of anilines is 2. The molecule has 0 saturated heterocycles. The Morgan fingerprint density at radius 3 is 2.11 bits per heavy atom. The van der Waals surface area contributed by atoms with Crippen molar-refractivity contribution in [2.45, 2.75) is 0 Å². The smallest absolute Gasteiger partial charge is 0.319 e. The molecule has 0 aromatic heterocycles. The molecule has 0 spiro atoms. The lowest BCUT2D eigenvalue weighted by Gasteiger charge is -2.07. The van der Waals surface area contributed by atoms with Gasteiger partial charge in [0.25, 0.3) is 5.91 Å². The fraction of sp³-hybridized carbons (Fsp3) is 0.0952. The summed E-state index contributed by atoms with van der Waals surface area (Å²) in [5.41, 5.74) is 2.55. The van der Waals surface area contributed by atoms with Crippen molar-refractivity contribution in [2.24, 2.45) is 0 Å². The second-order valence-corrected chi connectivity index (χ2v) is 5.72. The van der Waals surface area contributed by atoms with E-state index in [9.17, 15) is 14.4 Å². The Bertz CT molecular complexity index is 872. The first-order chi connectivity index (χ1) is 13.5. The second kappa shape index (κ2) is 10.3. The Hall–Kier alpha value is -3.87. The fourth-order valence-corrected chi connectivity index (χ4v) is 2.22. The van der Waals surface area contributed by atoms with Crippen LogP contribution in [0.15, 0.2) is 67.3 Å². The van der Waals surface area contributed by atoms with Crippen LogP contribution in [-0.2, 0) is 4.79 Å². The van der Waals surface area contributed by atoms with Crippen LogP contribution in [-0.4, -0.2) is 31.4 Å². The molecule has 0 aliphatic heterocycles. The van der Waals surface area contributed by atoms with Crippen LogP contribution in [0.2, 0.25) is 0 Å². The van der Waals surface area contributed by atoms with Crippen LogP contribution < -0.4 is 21.3 Å². The molecule has 0 atom stereocenters. The van der Waals surface area contributed by atoms with Gasteiger partial charge in [0.1, 0.15) is 0 Å². The summed E-state index contributed by atoms with van der Waals surface area (Å²) in [6, 6.07) is 13.3. The average molecular weight is 378 g/mol. The Balaban J connectivity index is 1.88. The van der Waals surface area contributed by atoms with Crippen molar-refractivity contribution in [3.8, 4) is 0 Å². The number of hydrogen-bond acceptors (Lipinski definition) is 3. The Morgan fingerprint density at radius 2 is 1.54 bits per heavy atom. The molecular formula is C21H22N4O3. The van der Waals surface area contributed by atoms with Gasteiger partial charge in [0.05, 0.1) is 0 Å². The number of benzene rings is 2. The third-order valence-corrected chi connectivity index (χ3v) is 3.64. The van der Waals surface area contributed by atoms with Gasteiger partial charge in [-0.1, -0.05) is 18.2 Å². The van der Waals surface area contributed by atoms with Gasteiger partial charge in [-0.05, 0) is 48.0 Å². The number of carbonyl (C=O) groups is 3. The van der Waals surface area contributed by atoms with Crippen LogP contribution in [0, 0.1) is 0 Å². The zero-order valence-electron chi connectivity index (χ0n) is 15.5. The quantitative estimate of drug-likeness (QED) is 0.440. The van der Waals surface area contributed by atoms with Gasteiger partial charge in [-0.25, -0.2) is 4.79 Å². The van der Waals surface area contributed by atoms with Crippen molar-refractivity contribution in [1.82, 2.24) is 10.6 Å². The fourth-order valence-electron chi connectivity index (χ4n) is 2.22. The van der Waals surface area contributed by atoms with Crippen LogP contribution in [0.3, 0.4) is 0 Å². The maximum Gasteiger partial charge on any atom is 0.319 e. The lowest BCUT2D eigenvalue weighted by atomic mass is 10.1. The lowest BCUT2D eigenvalue weighted by Crippen LogP contribution is -2.28. The van der Waals surface area contributed by atoms with Crippen LogP contribution in [0.4, 0.5) is 16.2 Å². The van der Waals surface area contributed by atoms with Gasteiger partial charge in [-0.2, -0.15) is 0 Å². The van der Waals surface area contributed by atoms with E-state index < -0.39 is 0 Å². The maximum atomic E-state index is 12.0. The number of urea groups is 1. The molecule has 0 unspecified atom stereocenters. The first-order valence-electron chi connectivity index (χ1n) is 8.59. The highest BCUT2D eigenvalue weighted by Gasteiger charge is 2.03. The topological polar surface area (TPSA) is 99.3 Å². The van der Waals surface area contributed by atoms with Gasteiger partial charge in [0, 0.05) is 36.6 Å². The SMILES string of the molecule is C=CCNC(=O)Nc1ccc(NC(=O)/C=C/c2ccc(C(=O)NC)cc2)cc1. The maximum absolute atomic E-state index is 12.0. The van der Waals surface area contributed by atoms with E-state index in [0.29, 0.717) is 23.5 Å². The van der Waals surface area contributed by atoms with E-state index in [0.717, 1.165) is 5.56 Å². The number of hydrogen-bond donors (Lipinski definition) is 4. The number of rotatable bonds is 7. The van der Waals surface area contributed by atoms with Gasteiger partial charge in [0.2, 0.25) is 5.91 Å². The molecule has 2 rings (SSSR count). The van der Waals surface area contributed by atoms with Crippen molar-refractivity contribution >= 4 is 35.3 Å². The van der Waals surface area contributed by atoms with E-state index in [-0.39, 0.29) is 17.8 Å². The normalized spacial score (nSPS) is 10.2. The molecule has 2 aromatic carbocycles. The summed E-state index contributed by atoms with van der Waals surface area (Å²) in [5.74, 6) is -0.454. The predicted octanol–water partition coefficient (Wildman–Crippen LogP) is 3.01. The molecular weight excluding hydrogens is 356 g/mol. The van der Waals surface area contributed by atoms with Gasteiger partial charge in [-0.3, -0.25) is 9.59 Å². The number of amides is 4. The summed E-state index contributed by atoms with van der Waals surface area (Å²) in [4.78, 5) is 35.1. The van der Waals surface area contributed by atoms with E-state index in [1.165, 1.54) is 6.08 Å². The van der Waals surface area contributed by atoms with Gasteiger partial charge < -0.3 is 21.3 Å². The molecule has 28 heavy (non-hydrogen) atoms. The zero-order valence-corrected chi connectivity index (χ0v) is 15.5. The molecule has 0 fully saturated rings. The van der Waals surface area contributed by atoms with Crippen molar-refractivity contribution in [3.63, 3.8) is 0 Å². The molecule has 0 aliphatic rings. The summed E-state index contributed by atoms with van der Waals surface area (Å²) in [6.45, 7) is 3.90. The van der Waals surface area contributed by atoms with Gasteiger partial charge in [0.15, 0.2) is 0 Å². The van der Waals surface area contributed by atoms with Crippen LogP contribution in [0.25, 0.3) is 6.08 Å². The van der Waals surface area contributed by atoms with Crippen molar-refractivity contribution in [3.05, 3.63) is 78.4 Å². The largest absolute Gasteiger partial charge is 0.355 e. The number of carbonyl (C=O) groups excluding carboxylic acids is 3. The Labute approximate surface area is 163 Å². The average Bonchev–Trinajstić information content (AvgIpc) is 2.72. The van der Waals surface area contributed by atoms with Crippen molar-refractivity contribution in [2.75, 3.05) is 24.2 Å². The summed E-state index contributed by atoms with van der Waals surface area (Å²) < 4.78 is 0. The van der Waals surface area contributed by atoms with E-state index >= 15 is 0 Å². The number of nitrogens with one attached hydrogen (secondary N) is 4. The Morgan fingerprint density at radius 1 is 0.929 bits per heavy atom. The molecule has 144 valence electrons. The minimum absolute atomic E-state index is 0.163. The van der Waals surface area contributed by atoms with Gasteiger partial charge in [-0.15, -0.1) is 6.58 Å². The predicted molar refractivity (Wildman–Crippen MR) is 111 cm³/mol. The van der Waals surface area contributed by atoms with Crippen molar-refractivity contribution < 1.29 is 14.4 Å². The molecule has 0 radical (unpaired) electrons. The lowest BCUT2D eigenvalue weighted by molar-refractivity contribution is -0.111. The first-order valence-corrected chi connectivity index (χ1v) is 8.59. The summed E-state index contributed by atoms with van der Waals surface area (Å²) in [7, 11) is 1.57. The first kappa shape index (κ1) is 20.4. The Kier molecular flexibility index (Phi) is 7.53. The minimum atomic E-state index is -0.331. The highest BCUT2D eigenvalue weighted by Crippen LogP contribution is 2.14. The molecule has 7 heteroatoms. The molecule has 7 nitrogen and oxygen atoms in total. The third-order valence-electron chi connectivity index (χ3n) is 3.64. The molecule has 0 aliphatic carbocycles. The van der Waals surface area contributed by atoms with E-state index in [2.05, 4.69) is 27.8 Å².